The summed E-state index contributed by atoms with van der Waals surface area (Å²) in [5, 5.41) is 1.77. The second-order valence-electron chi connectivity index (χ2n) is 6.85. The van der Waals surface area contributed by atoms with Gasteiger partial charge in [0.05, 0.1) is 0 Å². The maximum atomic E-state index is 2.52. The molecule has 1 fully saturated rings. The molecule has 0 bridgehead atoms. The second kappa shape index (κ2) is 8.70. The van der Waals surface area contributed by atoms with Gasteiger partial charge >= 0.3 is 145 Å². The third-order valence-electron chi connectivity index (χ3n) is 5.31. The van der Waals surface area contributed by atoms with E-state index < -0.39 is 0 Å². The first kappa shape index (κ1) is 20.5. The third kappa shape index (κ3) is 3.79. The molecule has 4 rings (SSSR count). The molecule has 3 unspecified atom stereocenters. The topological polar surface area (TPSA) is 0 Å². The molecule has 0 radical (unpaired) electrons. The minimum absolute atomic E-state index is 0. The van der Waals surface area contributed by atoms with Gasteiger partial charge in [-0.1, -0.05) is 0 Å². The molecule has 126 valence electrons. The SMILES string of the molecule is CP(C)C1=Cc2ccccc2[CH]1[Ti+2][CH]1CCC2CC=CC=C21.[Cl-].[Cl-]. The van der Waals surface area contributed by atoms with Crippen LogP contribution in [0.2, 0.25) is 4.22 Å². The molecule has 1 aromatic carbocycles. The quantitative estimate of drug-likeness (QED) is 0.484. The Kier molecular flexibility index (Phi) is 7.42. The van der Waals surface area contributed by atoms with Gasteiger partial charge < -0.3 is 24.8 Å². The largest absolute Gasteiger partial charge is 1.00 e. The molecular formula is C20H23Cl2PTi. The Balaban J connectivity index is 0.00000104. The van der Waals surface area contributed by atoms with Crippen molar-refractivity contribution in [3.63, 3.8) is 0 Å². The number of allylic oxidation sites excluding steroid dienone is 5. The Hall–Kier alpha value is 0.164. The summed E-state index contributed by atoms with van der Waals surface area (Å²) in [4.78, 5) is 0. The maximum Gasteiger partial charge on any atom is -1.00 e. The zero-order valence-corrected chi connectivity index (χ0v) is 18.1. The number of fused-ring (bicyclic) bond motifs is 2. The van der Waals surface area contributed by atoms with Crippen molar-refractivity contribution in [3.8, 4) is 0 Å². The molecule has 0 spiro atoms. The normalized spacial score (nSPS) is 26.5. The van der Waals surface area contributed by atoms with Crippen LogP contribution in [0.4, 0.5) is 0 Å². The molecule has 1 saturated carbocycles. The summed E-state index contributed by atoms with van der Waals surface area (Å²) in [7, 11) is 0.0322. The average Bonchev–Trinajstić information content (AvgIpc) is 3.10. The van der Waals surface area contributed by atoms with Crippen LogP contribution in [0, 0.1) is 5.92 Å². The zero-order valence-electron chi connectivity index (χ0n) is 14.2. The summed E-state index contributed by atoms with van der Waals surface area (Å²) in [6.07, 6.45) is 13.8. The number of benzene rings is 1. The van der Waals surface area contributed by atoms with E-state index in [9.17, 15) is 0 Å². The van der Waals surface area contributed by atoms with Crippen LogP contribution in [0.15, 0.2) is 53.4 Å². The van der Waals surface area contributed by atoms with Gasteiger partial charge in [-0.2, -0.15) is 0 Å². The fourth-order valence-corrected chi connectivity index (χ4v) is 9.79. The van der Waals surface area contributed by atoms with E-state index in [-0.39, 0.29) is 51.9 Å². The van der Waals surface area contributed by atoms with Crippen molar-refractivity contribution in [3.05, 3.63) is 64.5 Å². The Morgan fingerprint density at radius 1 is 1.08 bits per heavy atom. The molecular weight excluding hydrogens is 390 g/mol. The van der Waals surface area contributed by atoms with Gasteiger partial charge in [0.2, 0.25) is 0 Å². The van der Waals surface area contributed by atoms with Gasteiger partial charge in [0.1, 0.15) is 0 Å². The Bertz CT molecular complexity index is 678. The predicted molar refractivity (Wildman–Crippen MR) is 94.2 cm³/mol. The number of halogens is 2. The molecule has 0 saturated heterocycles. The van der Waals surface area contributed by atoms with Gasteiger partial charge in [-0.25, -0.2) is 0 Å². The van der Waals surface area contributed by atoms with Gasteiger partial charge in [0.15, 0.2) is 0 Å². The van der Waals surface area contributed by atoms with Crippen molar-refractivity contribution in [1.82, 2.24) is 0 Å². The molecule has 0 amide bonds. The summed E-state index contributed by atoms with van der Waals surface area (Å²) in [5.74, 6) is 0.882. The van der Waals surface area contributed by atoms with Crippen LogP contribution in [0.5, 0.6) is 0 Å². The van der Waals surface area contributed by atoms with Crippen molar-refractivity contribution < 1.29 is 44.0 Å². The third-order valence-corrected chi connectivity index (χ3v) is 10.2. The molecule has 4 heteroatoms. The zero-order chi connectivity index (χ0) is 15.1. The summed E-state index contributed by atoms with van der Waals surface area (Å²) in [6, 6.07) is 9.15. The van der Waals surface area contributed by atoms with Crippen LogP contribution in [-0.2, 0) is 19.2 Å². The van der Waals surface area contributed by atoms with E-state index in [1.54, 1.807) is 10.9 Å². The molecule has 0 nitrogen and oxygen atoms in total. The number of hydrogen-bond acceptors (Lipinski definition) is 0. The van der Waals surface area contributed by atoms with Crippen LogP contribution < -0.4 is 24.8 Å². The molecule has 3 aliphatic carbocycles. The monoisotopic (exact) mass is 412 g/mol. The molecule has 0 aliphatic heterocycles. The predicted octanol–water partition coefficient (Wildman–Crippen LogP) is -0.001000. The molecule has 3 atom stereocenters. The van der Waals surface area contributed by atoms with E-state index in [0.29, 0.717) is 0 Å². The Labute approximate surface area is 168 Å². The Morgan fingerprint density at radius 3 is 2.67 bits per heavy atom. The smallest absolute Gasteiger partial charge is 1.00 e. The van der Waals surface area contributed by atoms with Crippen molar-refractivity contribution in [2.75, 3.05) is 13.3 Å². The molecule has 1 aromatic rings. The van der Waals surface area contributed by atoms with Crippen LogP contribution in [0.25, 0.3) is 6.08 Å². The molecule has 24 heavy (non-hydrogen) atoms. The van der Waals surface area contributed by atoms with E-state index >= 15 is 0 Å². The van der Waals surface area contributed by atoms with Crippen LogP contribution in [0.1, 0.15) is 34.6 Å². The molecule has 3 aliphatic rings. The van der Waals surface area contributed by atoms with E-state index in [1.807, 2.05) is 5.57 Å². The molecule has 0 heterocycles. The second-order valence-corrected chi connectivity index (χ2v) is 11.7. The van der Waals surface area contributed by atoms with E-state index in [0.717, 1.165) is 14.4 Å². The summed E-state index contributed by atoms with van der Waals surface area (Å²) >= 11 is -0.00588. The van der Waals surface area contributed by atoms with Crippen LogP contribution in [-0.4, -0.2) is 13.3 Å². The van der Waals surface area contributed by atoms with Crippen molar-refractivity contribution in [2.45, 2.75) is 27.7 Å². The van der Waals surface area contributed by atoms with E-state index in [2.05, 4.69) is 61.9 Å². The van der Waals surface area contributed by atoms with E-state index in [1.165, 1.54) is 24.8 Å². The Morgan fingerprint density at radius 2 is 1.88 bits per heavy atom. The number of rotatable bonds is 3. The first-order chi connectivity index (χ1) is 10.7. The maximum absolute atomic E-state index is 2.52. The summed E-state index contributed by atoms with van der Waals surface area (Å²) in [6.45, 7) is 4.87. The van der Waals surface area contributed by atoms with Gasteiger partial charge in [0.25, 0.3) is 0 Å². The van der Waals surface area contributed by atoms with Crippen LogP contribution in [0.3, 0.4) is 0 Å². The molecule has 0 aromatic heterocycles. The molecule has 0 N–H and O–H groups in total. The van der Waals surface area contributed by atoms with Crippen molar-refractivity contribution in [1.29, 1.82) is 0 Å². The standard InChI is InChI=1S/C11H12P.C9H11.2ClH.Ti/c1-12(2)11-7-9-5-3-4-6-10(9)8-11;1-2-5-9-7-3-6-8(9)4-1;;;/h3-8H,1-2H3;1-2,4,6,9H,3,5,7H2;2*1H;/q;;;;+2/p-2. The average molecular weight is 413 g/mol. The van der Waals surface area contributed by atoms with Crippen LogP contribution >= 0.6 is 7.92 Å². The fraction of sp³-hybridized carbons (Fsp3) is 0.400. The van der Waals surface area contributed by atoms with Crippen molar-refractivity contribution in [2.24, 2.45) is 5.92 Å². The summed E-state index contributed by atoms with van der Waals surface area (Å²) in [5.41, 5.74) is 4.96. The first-order valence-corrected chi connectivity index (χ1v) is 12.4. The first-order valence-electron chi connectivity index (χ1n) is 8.34. The number of hydrogen-bond donors (Lipinski definition) is 0. The minimum Gasteiger partial charge on any atom is -1.00 e. The van der Waals surface area contributed by atoms with Gasteiger partial charge in [-0.05, 0) is 0 Å². The van der Waals surface area contributed by atoms with E-state index in [4.69, 9.17) is 0 Å². The van der Waals surface area contributed by atoms with Gasteiger partial charge in [-0.3, -0.25) is 0 Å². The summed E-state index contributed by atoms with van der Waals surface area (Å²) < 4.78 is 1.73. The fourth-order valence-electron chi connectivity index (χ4n) is 4.16. The van der Waals surface area contributed by atoms with Gasteiger partial charge in [-0.15, -0.1) is 0 Å². The minimum atomic E-state index is -0.00588. The van der Waals surface area contributed by atoms with Gasteiger partial charge in [0, 0.05) is 0 Å². The van der Waals surface area contributed by atoms with Crippen molar-refractivity contribution >= 4 is 14.0 Å².